The first-order valence-electron chi connectivity index (χ1n) is 9.18. The van der Waals surface area contributed by atoms with Crippen molar-refractivity contribution in [3.05, 3.63) is 88.6 Å². The van der Waals surface area contributed by atoms with E-state index in [1.807, 2.05) is 62.4 Å². The maximum absolute atomic E-state index is 12.4. The van der Waals surface area contributed by atoms with Gasteiger partial charge in [0.25, 0.3) is 0 Å². The summed E-state index contributed by atoms with van der Waals surface area (Å²) in [6, 6.07) is 19.0. The van der Waals surface area contributed by atoms with Gasteiger partial charge in [0, 0.05) is 22.6 Å². The number of aryl methyl sites for hydroxylation is 2. The Kier molecular flexibility index (Phi) is 5.14. The number of benzene rings is 2. The van der Waals surface area contributed by atoms with Gasteiger partial charge in [0.2, 0.25) is 5.91 Å². The molecular weight excluding hydrogens is 384 g/mol. The number of carbonyl (C=O) groups excluding carboxylic acids is 1. The van der Waals surface area contributed by atoms with Gasteiger partial charge in [-0.05, 0) is 55.3 Å². The topological polar surface area (TPSA) is 59.8 Å². The van der Waals surface area contributed by atoms with Crippen LogP contribution in [0.1, 0.15) is 16.8 Å². The zero-order chi connectivity index (χ0) is 20.4. The normalized spacial score (nSPS) is 11.3. The zero-order valence-electron chi connectivity index (χ0n) is 16.1. The van der Waals surface area contributed by atoms with Crippen LogP contribution in [0.5, 0.6) is 0 Å². The highest BCUT2D eigenvalue weighted by atomic mass is 35.5. The average molecular weight is 403 g/mol. The van der Waals surface area contributed by atoms with Gasteiger partial charge in [0.05, 0.1) is 11.2 Å². The number of hydrogen-bond acceptors (Lipinski definition) is 3. The van der Waals surface area contributed by atoms with Crippen molar-refractivity contribution in [2.24, 2.45) is 0 Å². The molecule has 144 valence electrons. The largest absolute Gasteiger partial charge is 0.307 e. The van der Waals surface area contributed by atoms with Crippen molar-refractivity contribution >= 4 is 40.3 Å². The second kappa shape index (κ2) is 7.89. The van der Waals surface area contributed by atoms with Gasteiger partial charge in [-0.15, -0.1) is 0 Å². The van der Waals surface area contributed by atoms with E-state index < -0.39 is 0 Å². The van der Waals surface area contributed by atoms with Crippen LogP contribution in [0, 0.1) is 13.8 Å². The highest BCUT2D eigenvalue weighted by molar-refractivity contribution is 6.30. The summed E-state index contributed by atoms with van der Waals surface area (Å²) in [4.78, 5) is 17.1. The number of carbonyl (C=O) groups is 1. The molecule has 0 spiro atoms. The molecule has 0 atom stereocenters. The standard InChI is InChI=1S/C23H19ClN4O/c1-15-13-21(25-20-6-4-3-5-19(15)20)28-22(14-16(2)27-28)26-23(29)12-9-17-7-10-18(24)11-8-17/h3-14H,1-2H3,(H,26,29)/b12-9+. The summed E-state index contributed by atoms with van der Waals surface area (Å²) in [5.41, 5.74) is 3.66. The lowest BCUT2D eigenvalue weighted by atomic mass is 10.1. The number of fused-ring (bicyclic) bond motifs is 1. The van der Waals surface area contributed by atoms with E-state index in [1.165, 1.54) is 6.08 Å². The van der Waals surface area contributed by atoms with Gasteiger partial charge in [-0.2, -0.15) is 9.78 Å². The van der Waals surface area contributed by atoms with Gasteiger partial charge in [0.15, 0.2) is 5.82 Å². The third kappa shape index (κ3) is 4.20. The Hall–Kier alpha value is -3.44. The Bertz CT molecular complexity index is 1230. The third-order valence-electron chi connectivity index (χ3n) is 4.51. The number of aromatic nitrogens is 3. The first-order chi connectivity index (χ1) is 14.0. The minimum atomic E-state index is -0.251. The van der Waals surface area contributed by atoms with Crippen molar-refractivity contribution in [2.45, 2.75) is 13.8 Å². The molecule has 0 bridgehead atoms. The number of hydrogen-bond donors (Lipinski definition) is 1. The van der Waals surface area contributed by atoms with E-state index in [4.69, 9.17) is 16.6 Å². The molecule has 2 aromatic carbocycles. The summed E-state index contributed by atoms with van der Waals surface area (Å²) < 4.78 is 1.66. The summed E-state index contributed by atoms with van der Waals surface area (Å²) >= 11 is 5.89. The second-order valence-electron chi connectivity index (χ2n) is 6.77. The summed E-state index contributed by atoms with van der Waals surface area (Å²) in [6.45, 7) is 3.92. The maximum Gasteiger partial charge on any atom is 0.249 e. The van der Waals surface area contributed by atoms with E-state index in [-0.39, 0.29) is 5.91 Å². The molecule has 0 saturated heterocycles. The molecule has 1 amide bonds. The van der Waals surface area contributed by atoms with Gasteiger partial charge >= 0.3 is 0 Å². The van der Waals surface area contributed by atoms with Crippen LogP contribution in [0.15, 0.2) is 66.7 Å². The number of rotatable bonds is 4. The summed E-state index contributed by atoms with van der Waals surface area (Å²) in [6.07, 6.45) is 3.21. The van der Waals surface area contributed by atoms with Crippen LogP contribution in [0.4, 0.5) is 5.82 Å². The van der Waals surface area contributed by atoms with Crippen molar-refractivity contribution in [1.29, 1.82) is 0 Å². The predicted molar refractivity (Wildman–Crippen MR) is 117 cm³/mol. The molecule has 0 unspecified atom stereocenters. The quantitative estimate of drug-likeness (QED) is 0.468. The average Bonchev–Trinajstić information content (AvgIpc) is 3.07. The Labute approximate surface area is 173 Å². The van der Waals surface area contributed by atoms with Gasteiger partial charge in [-0.3, -0.25) is 4.79 Å². The lowest BCUT2D eigenvalue weighted by Crippen LogP contribution is -2.13. The Balaban J connectivity index is 1.62. The molecule has 2 heterocycles. The molecule has 0 aliphatic rings. The van der Waals surface area contributed by atoms with Crippen molar-refractivity contribution < 1.29 is 4.79 Å². The van der Waals surface area contributed by atoms with Crippen molar-refractivity contribution in [3.8, 4) is 5.82 Å². The van der Waals surface area contributed by atoms with Gasteiger partial charge < -0.3 is 5.32 Å². The maximum atomic E-state index is 12.4. The predicted octanol–water partition coefficient (Wildman–Crippen LogP) is 5.34. The lowest BCUT2D eigenvalue weighted by molar-refractivity contribution is -0.111. The van der Waals surface area contributed by atoms with Crippen molar-refractivity contribution in [2.75, 3.05) is 5.32 Å². The van der Waals surface area contributed by atoms with E-state index in [2.05, 4.69) is 10.4 Å². The first-order valence-corrected chi connectivity index (χ1v) is 9.55. The molecule has 29 heavy (non-hydrogen) atoms. The van der Waals surface area contributed by atoms with Crippen LogP contribution in [-0.2, 0) is 4.79 Å². The molecule has 2 aromatic heterocycles. The summed E-state index contributed by atoms with van der Waals surface area (Å²) in [5, 5.41) is 9.15. The molecule has 0 fully saturated rings. The van der Waals surface area contributed by atoms with Crippen LogP contribution in [0.2, 0.25) is 5.02 Å². The van der Waals surface area contributed by atoms with Gasteiger partial charge in [0.1, 0.15) is 5.82 Å². The molecular formula is C23H19ClN4O. The number of anilines is 1. The smallest absolute Gasteiger partial charge is 0.249 e. The number of para-hydroxylation sites is 1. The van der Waals surface area contributed by atoms with E-state index in [0.717, 1.165) is 27.7 Å². The molecule has 0 saturated carbocycles. The SMILES string of the molecule is Cc1cc(NC(=O)/C=C/c2ccc(Cl)cc2)n(-c2cc(C)c3ccccc3n2)n1. The minimum absolute atomic E-state index is 0.251. The molecule has 1 N–H and O–H groups in total. The minimum Gasteiger partial charge on any atom is -0.307 e. The lowest BCUT2D eigenvalue weighted by Gasteiger charge is -2.10. The summed E-state index contributed by atoms with van der Waals surface area (Å²) in [7, 11) is 0. The Morgan fingerprint density at radius 3 is 2.62 bits per heavy atom. The second-order valence-corrected chi connectivity index (χ2v) is 7.21. The first kappa shape index (κ1) is 18.9. The number of nitrogens with one attached hydrogen (secondary N) is 1. The van der Waals surface area contributed by atoms with E-state index in [0.29, 0.717) is 16.7 Å². The molecule has 0 radical (unpaired) electrons. The molecule has 0 aliphatic carbocycles. The van der Waals surface area contributed by atoms with Crippen LogP contribution >= 0.6 is 11.6 Å². The third-order valence-corrected chi connectivity index (χ3v) is 4.76. The van der Waals surface area contributed by atoms with Crippen molar-refractivity contribution in [3.63, 3.8) is 0 Å². The fourth-order valence-corrected chi connectivity index (χ4v) is 3.24. The molecule has 6 heteroatoms. The van der Waals surface area contributed by atoms with Gasteiger partial charge in [-0.25, -0.2) is 4.98 Å². The fraction of sp³-hybridized carbons (Fsp3) is 0.0870. The van der Waals surface area contributed by atoms with Crippen LogP contribution in [0.25, 0.3) is 22.8 Å². The van der Waals surface area contributed by atoms with Crippen LogP contribution < -0.4 is 5.32 Å². The van der Waals surface area contributed by atoms with E-state index in [1.54, 1.807) is 22.9 Å². The Morgan fingerprint density at radius 2 is 1.83 bits per heavy atom. The number of amides is 1. The number of nitrogens with zero attached hydrogens (tertiary/aromatic N) is 3. The molecule has 4 rings (SSSR count). The fourth-order valence-electron chi connectivity index (χ4n) is 3.12. The van der Waals surface area contributed by atoms with E-state index in [9.17, 15) is 4.79 Å². The highest BCUT2D eigenvalue weighted by Gasteiger charge is 2.12. The number of halogens is 1. The molecule has 5 nitrogen and oxygen atoms in total. The van der Waals surface area contributed by atoms with E-state index >= 15 is 0 Å². The van der Waals surface area contributed by atoms with Crippen LogP contribution in [-0.4, -0.2) is 20.7 Å². The molecule has 4 aromatic rings. The monoisotopic (exact) mass is 402 g/mol. The summed E-state index contributed by atoms with van der Waals surface area (Å²) in [5.74, 6) is 0.973. The zero-order valence-corrected chi connectivity index (χ0v) is 16.8. The molecule has 0 aliphatic heterocycles. The van der Waals surface area contributed by atoms with Crippen LogP contribution in [0.3, 0.4) is 0 Å². The van der Waals surface area contributed by atoms with Crippen molar-refractivity contribution in [1.82, 2.24) is 14.8 Å². The highest BCUT2D eigenvalue weighted by Crippen LogP contribution is 2.22. The number of pyridine rings is 1. The Morgan fingerprint density at radius 1 is 1.07 bits per heavy atom. The van der Waals surface area contributed by atoms with Gasteiger partial charge in [-0.1, -0.05) is 41.9 Å².